The third kappa shape index (κ3) is 7.62. The summed E-state index contributed by atoms with van der Waals surface area (Å²) in [6.45, 7) is 5.55. The van der Waals surface area contributed by atoms with Crippen LogP contribution in [0.2, 0.25) is 0 Å². The van der Waals surface area contributed by atoms with E-state index >= 15 is 0 Å². The molecule has 24 heavy (non-hydrogen) atoms. The number of aromatic nitrogens is 2. The van der Waals surface area contributed by atoms with E-state index < -0.39 is 0 Å². The number of hydrogen-bond donors (Lipinski definition) is 2. The third-order valence-electron chi connectivity index (χ3n) is 4.30. The molecule has 1 aromatic heterocycles. The van der Waals surface area contributed by atoms with E-state index in [2.05, 4.69) is 20.8 Å². The van der Waals surface area contributed by atoms with Crippen molar-refractivity contribution in [3.05, 3.63) is 11.7 Å². The Morgan fingerprint density at radius 1 is 1.21 bits per heavy atom. The first-order valence-corrected chi connectivity index (χ1v) is 8.97. The van der Waals surface area contributed by atoms with Gasteiger partial charge in [0.2, 0.25) is 11.8 Å². The van der Waals surface area contributed by atoms with Gasteiger partial charge in [0.25, 0.3) is 0 Å². The van der Waals surface area contributed by atoms with Gasteiger partial charge in [-0.3, -0.25) is 4.79 Å². The smallest absolute Gasteiger partial charge is 0.227 e. The van der Waals surface area contributed by atoms with Crippen LogP contribution in [-0.2, 0) is 11.2 Å². The maximum atomic E-state index is 11.8. The fourth-order valence-corrected chi connectivity index (χ4v) is 2.87. The summed E-state index contributed by atoms with van der Waals surface area (Å²) in [5, 5.41) is 10.4. The number of aryl methyl sites for hydroxylation is 1. The largest absolute Gasteiger partial charge is 0.355 e. The van der Waals surface area contributed by atoms with Crippen LogP contribution < -0.4 is 10.6 Å². The Bertz CT molecular complexity index is 471. The van der Waals surface area contributed by atoms with Crippen LogP contribution in [0.15, 0.2) is 4.52 Å². The van der Waals surface area contributed by atoms with Crippen LogP contribution in [0.5, 0.6) is 0 Å². The van der Waals surface area contributed by atoms with Gasteiger partial charge < -0.3 is 15.2 Å². The van der Waals surface area contributed by atoms with Crippen molar-refractivity contribution in [3.8, 4) is 0 Å². The van der Waals surface area contributed by atoms with Gasteiger partial charge in [0.05, 0.1) is 0 Å². The van der Waals surface area contributed by atoms with Gasteiger partial charge in [0.1, 0.15) is 0 Å². The van der Waals surface area contributed by atoms with Gasteiger partial charge in [0.15, 0.2) is 5.82 Å². The van der Waals surface area contributed by atoms with Gasteiger partial charge >= 0.3 is 0 Å². The van der Waals surface area contributed by atoms with Crippen LogP contribution in [0.4, 0.5) is 0 Å². The van der Waals surface area contributed by atoms with E-state index in [-0.39, 0.29) is 24.2 Å². The fourth-order valence-electron chi connectivity index (χ4n) is 2.87. The number of carbonyl (C=O) groups is 1. The molecule has 6 nitrogen and oxygen atoms in total. The minimum Gasteiger partial charge on any atom is -0.355 e. The molecule has 0 aliphatic heterocycles. The lowest BCUT2D eigenvalue weighted by atomic mass is 10.1. The number of amides is 1. The van der Waals surface area contributed by atoms with E-state index in [1.165, 1.54) is 38.5 Å². The highest BCUT2D eigenvalue weighted by molar-refractivity contribution is 5.85. The topological polar surface area (TPSA) is 80.0 Å². The van der Waals surface area contributed by atoms with Gasteiger partial charge in [-0.1, -0.05) is 44.7 Å². The van der Waals surface area contributed by atoms with E-state index in [9.17, 15) is 4.79 Å². The summed E-state index contributed by atoms with van der Waals surface area (Å²) in [5.74, 6) is 1.53. The average molecular weight is 359 g/mol. The first-order valence-electron chi connectivity index (χ1n) is 8.97. The summed E-state index contributed by atoms with van der Waals surface area (Å²) in [4.78, 5) is 16.1. The summed E-state index contributed by atoms with van der Waals surface area (Å²) < 4.78 is 5.14. The molecule has 0 saturated heterocycles. The van der Waals surface area contributed by atoms with E-state index in [4.69, 9.17) is 4.52 Å². The summed E-state index contributed by atoms with van der Waals surface area (Å²) in [6, 6.07) is 0.627. The van der Waals surface area contributed by atoms with Gasteiger partial charge in [-0.25, -0.2) is 0 Å². The van der Waals surface area contributed by atoms with Crippen LogP contribution in [0.3, 0.4) is 0 Å². The molecule has 0 spiro atoms. The first-order chi connectivity index (χ1) is 11.1. The predicted molar refractivity (Wildman–Crippen MR) is 96.5 cm³/mol. The van der Waals surface area contributed by atoms with Crippen LogP contribution in [-0.4, -0.2) is 35.2 Å². The van der Waals surface area contributed by atoms with Crippen molar-refractivity contribution in [1.29, 1.82) is 0 Å². The molecule has 1 saturated carbocycles. The summed E-state index contributed by atoms with van der Waals surface area (Å²) in [7, 11) is 0. The predicted octanol–water partition coefficient (Wildman–Crippen LogP) is 2.98. The highest BCUT2D eigenvalue weighted by atomic mass is 35.5. The van der Waals surface area contributed by atoms with Crippen LogP contribution in [0, 0.1) is 0 Å². The first kappa shape index (κ1) is 20.9. The van der Waals surface area contributed by atoms with E-state index in [0.717, 1.165) is 6.54 Å². The molecule has 2 rings (SSSR count). The van der Waals surface area contributed by atoms with Crippen molar-refractivity contribution in [1.82, 2.24) is 20.8 Å². The number of nitrogens with one attached hydrogen (secondary N) is 2. The zero-order valence-corrected chi connectivity index (χ0v) is 15.7. The quantitative estimate of drug-likeness (QED) is 0.551. The van der Waals surface area contributed by atoms with E-state index in [1.807, 2.05) is 13.8 Å². The molecule has 1 heterocycles. The molecule has 7 heteroatoms. The zero-order valence-electron chi connectivity index (χ0n) is 14.8. The van der Waals surface area contributed by atoms with Crippen molar-refractivity contribution in [2.24, 2.45) is 0 Å². The summed E-state index contributed by atoms with van der Waals surface area (Å²) >= 11 is 0. The molecule has 0 aromatic carbocycles. The maximum Gasteiger partial charge on any atom is 0.227 e. The standard InChI is InChI=1S/C17H30N4O2.ClH/c1-13(2)17-20-16(23-21-17)10-9-15(22)19-12-11-18-14-7-5-3-4-6-8-14;/h13-14,18H,3-12H2,1-2H3,(H,19,22);1H. The van der Waals surface area contributed by atoms with Crippen molar-refractivity contribution >= 4 is 18.3 Å². The Labute approximate surface area is 150 Å². The molecular weight excluding hydrogens is 328 g/mol. The van der Waals surface area contributed by atoms with Crippen molar-refractivity contribution in [3.63, 3.8) is 0 Å². The molecule has 0 unspecified atom stereocenters. The minimum absolute atomic E-state index is 0. The van der Waals surface area contributed by atoms with Gasteiger partial charge in [-0.05, 0) is 12.8 Å². The monoisotopic (exact) mass is 358 g/mol. The van der Waals surface area contributed by atoms with Gasteiger partial charge in [-0.2, -0.15) is 4.98 Å². The fraction of sp³-hybridized carbons (Fsp3) is 0.824. The second-order valence-corrected chi connectivity index (χ2v) is 6.69. The molecule has 0 bridgehead atoms. The molecule has 0 radical (unpaired) electrons. The average Bonchev–Trinajstić information content (AvgIpc) is 2.86. The molecule has 0 atom stereocenters. The number of rotatable bonds is 8. The molecule has 1 aliphatic rings. The van der Waals surface area contributed by atoms with Crippen molar-refractivity contribution < 1.29 is 9.32 Å². The Balaban J connectivity index is 0.00000288. The van der Waals surface area contributed by atoms with Crippen LogP contribution in [0.25, 0.3) is 0 Å². The van der Waals surface area contributed by atoms with E-state index in [0.29, 0.717) is 37.1 Å². The van der Waals surface area contributed by atoms with Gasteiger partial charge in [-0.15, -0.1) is 12.4 Å². The number of halogens is 1. The van der Waals surface area contributed by atoms with Crippen LogP contribution >= 0.6 is 12.4 Å². The summed E-state index contributed by atoms with van der Waals surface area (Å²) in [5.41, 5.74) is 0. The lowest BCUT2D eigenvalue weighted by Crippen LogP contribution is -2.36. The zero-order chi connectivity index (χ0) is 16.5. The Morgan fingerprint density at radius 2 is 1.92 bits per heavy atom. The second-order valence-electron chi connectivity index (χ2n) is 6.69. The minimum atomic E-state index is 0. The highest BCUT2D eigenvalue weighted by Gasteiger charge is 2.12. The SMILES string of the molecule is CC(C)c1noc(CCC(=O)NCCNC2CCCCCC2)n1.Cl. The lowest BCUT2D eigenvalue weighted by molar-refractivity contribution is -0.121. The van der Waals surface area contributed by atoms with Crippen LogP contribution in [0.1, 0.15) is 76.4 Å². The normalized spacial score (nSPS) is 15.8. The van der Waals surface area contributed by atoms with E-state index in [1.54, 1.807) is 0 Å². The Hall–Kier alpha value is -1.14. The Kier molecular flexibility index (Phi) is 9.95. The third-order valence-corrected chi connectivity index (χ3v) is 4.30. The van der Waals surface area contributed by atoms with Crippen molar-refractivity contribution in [2.75, 3.05) is 13.1 Å². The van der Waals surface area contributed by atoms with Gasteiger partial charge in [0, 0.05) is 37.9 Å². The molecule has 2 N–H and O–H groups in total. The molecular formula is C17H31ClN4O2. The molecule has 1 fully saturated rings. The number of hydrogen-bond acceptors (Lipinski definition) is 5. The highest BCUT2D eigenvalue weighted by Crippen LogP contribution is 2.16. The molecule has 1 aliphatic carbocycles. The number of nitrogens with zero attached hydrogens (tertiary/aromatic N) is 2. The lowest BCUT2D eigenvalue weighted by Gasteiger charge is -2.16. The molecule has 1 amide bonds. The van der Waals surface area contributed by atoms with Crippen molar-refractivity contribution in [2.45, 2.75) is 77.2 Å². The summed E-state index contributed by atoms with van der Waals surface area (Å²) in [6.07, 6.45) is 8.81. The molecule has 1 aromatic rings. The Morgan fingerprint density at radius 3 is 2.54 bits per heavy atom. The maximum absolute atomic E-state index is 11.8. The number of carbonyl (C=O) groups excluding carboxylic acids is 1. The second kappa shape index (κ2) is 11.4. The molecule has 138 valence electrons.